The number of nitrogens with two attached hydrogens (primary N) is 1. The average Bonchev–Trinajstić information content (AvgIpc) is 3.59. The van der Waals surface area contributed by atoms with Crippen molar-refractivity contribution in [2.45, 2.75) is 32.1 Å². The second-order valence-corrected chi connectivity index (χ2v) is 11.1. The average molecular weight is 629 g/mol. The lowest BCUT2D eigenvalue weighted by atomic mass is 10.0. The van der Waals surface area contributed by atoms with Crippen LogP contribution in [0.5, 0.6) is 0 Å². The van der Waals surface area contributed by atoms with E-state index in [1.807, 2.05) is 0 Å². The molecule has 2 aromatic heterocycles. The predicted octanol–water partition coefficient (Wildman–Crippen LogP) is 5.12. The lowest BCUT2D eigenvalue weighted by molar-refractivity contribution is -0.137. The number of carbonyl (C=O) groups excluding carboxylic acids is 2. The predicted molar refractivity (Wildman–Crippen MR) is 167 cm³/mol. The summed E-state index contributed by atoms with van der Waals surface area (Å²) in [5.41, 5.74) is 8.53. The number of nitrogens with one attached hydrogen (secondary N) is 2. The molecule has 3 aromatic carbocycles. The van der Waals surface area contributed by atoms with Gasteiger partial charge in [0, 0.05) is 45.9 Å². The van der Waals surface area contributed by atoms with Crippen molar-refractivity contribution in [3.63, 3.8) is 0 Å². The minimum Gasteiger partial charge on any atom is -0.382 e. The van der Waals surface area contributed by atoms with Crippen LogP contribution in [-0.2, 0) is 16.1 Å². The molecule has 2 atom stereocenters. The van der Waals surface area contributed by atoms with Gasteiger partial charge in [0.15, 0.2) is 5.82 Å². The van der Waals surface area contributed by atoms with E-state index in [4.69, 9.17) is 22.7 Å². The molecule has 1 aliphatic rings. The topological polar surface area (TPSA) is 143 Å². The van der Waals surface area contributed by atoms with E-state index in [1.54, 1.807) is 67.8 Å². The van der Waals surface area contributed by atoms with E-state index in [0.29, 0.717) is 27.3 Å². The molecule has 0 spiro atoms. The third kappa shape index (κ3) is 5.84. The van der Waals surface area contributed by atoms with Crippen molar-refractivity contribution < 1.29 is 18.4 Å². The van der Waals surface area contributed by atoms with Crippen molar-refractivity contribution in [3.05, 3.63) is 95.4 Å². The zero-order chi connectivity index (χ0) is 31.8. The molecule has 5 aromatic rings. The van der Waals surface area contributed by atoms with Crippen LogP contribution < -0.4 is 11.1 Å². The monoisotopic (exact) mass is 628 g/mol. The van der Waals surface area contributed by atoms with E-state index in [9.17, 15) is 14.0 Å². The van der Waals surface area contributed by atoms with E-state index in [-0.39, 0.29) is 42.3 Å². The second-order valence-electron chi connectivity index (χ2n) is 10.7. The van der Waals surface area contributed by atoms with Crippen molar-refractivity contribution in [1.29, 1.82) is 5.41 Å². The Morgan fingerprint density at radius 1 is 1.07 bits per heavy atom. The van der Waals surface area contributed by atoms with Crippen molar-refractivity contribution in [1.82, 2.24) is 24.6 Å². The number of nitrogens with zero attached hydrogens (tertiary/aromatic N) is 5. The number of halogens is 3. The van der Waals surface area contributed by atoms with Crippen molar-refractivity contribution in [3.8, 4) is 22.3 Å². The van der Waals surface area contributed by atoms with E-state index in [1.165, 1.54) is 16.8 Å². The smallest absolute Gasteiger partial charge is 0.247 e. The van der Waals surface area contributed by atoms with E-state index < -0.39 is 29.8 Å². The number of amides is 2. The van der Waals surface area contributed by atoms with E-state index >= 15 is 4.39 Å². The van der Waals surface area contributed by atoms with Gasteiger partial charge in [-0.1, -0.05) is 48.0 Å². The Balaban J connectivity index is 1.25. The van der Waals surface area contributed by atoms with Crippen LogP contribution in [0.15, 0.2) is 73.1 Å². The summed E-state index contributed by atoms with van der Waals surface area (Å²) in [4.78, 5) is 36.5. The van der Waals surface area contributed by atoms with Gasteiger partial charge >= 0.3 is 0 Å². The summed E-state index contributed by atoms with van der Waals surface area (Å²) in [7, 11) is 0. The van der Waals surface area contributed by atoms with Crippen molar-refractivity contribution in [2.24, 2.45) is 5.73 Å². The molecule has 228 valence electrons. The number of fused-ring (bicyclic) bond motifs is 1. The lowest BCUT2D eigenvalue weighted by Crippen LogP contribution is -2.44. The molecule has 1 aliphatic heterocycles. The van der Waals surface area contributed by atoms with Gasteiger partial charge in [0.1, 0.15) is 36.1 Å². The SMILES string of the molecule is Cc1ncc(-c2ccc3c(c2)c(C(=N)N)nn3CC(=O)N2C[C@H](F)C[C@H]2C(=O)Nc2cccc(-c3ccccc3Cl)c2F)cn1. The number of anilines is 1. The Bertz CT molecular complexity index is 1960. The van der Waals surface area contributed by atoms with E-state index in [2.05, 4.69) is 20.4 Å². The number of hydrogen-bond donors (Lipinski definition) is 3. The fourth-order valence-corrected chi connectivity index (χ4v) is 5.72. The largest absolute Gasteiger partial charge is 0.382 e. The third-order valence-corrected chi connectivity index (χ3v) is 8.03. The standard InChI is InChI=1S/C32H27ClF2N8O2/c1-17-38-13-19(14-39-17)18-9-10-26-23(11-18)30(31(36)37)41-43(26)16-28(44)42-15-20(34)12-27(42)32(45)40-25-8-4-6-22(29(25)35)21-5-2-3-7-24(21)33/h2-11,13-14,20,27H,12,15-16H2,1H3,(H3,36,37)(H,40,45)/t20-,27+/m1/s1. The number of hydrogen-bond acceptors (Lipinski definition) is 6. The Labute approximate surface area is 261 Å². The van der Waals surface area contributed by atoms with Crippen molar-refractivity contribution in [2.75, 3.05) is 11.9 Å². The first-order valence-electron chi connectivity index (χ1n) is 14.0. The number of nitrogen functional groups attached to an aromatic ring is 1. The maximum atomic E-state index is 15.5. The highest BCUT2D eigenvalue weighted by molar-refractivity contribution is 6.33. The highest BCUT2D eigenvalue weighted by Gasteiger charge is 2.40. The first-order valence-corrected chi connectivity index (χ1v) is 14.4. The van der Waals surface area contributed by atoms with Crippen molar-refractivity contribution >= 4 is 45.8 Å². The maximum Gasteiger partial charge on any atom is 0.247 e. The van der Waals surface area contributed by atoms with Gasteiger partial charge in [0.25, 0.3) is 0 Å². The number of benzene rings is 3. The Morgan fingerprint density at radius 2 is 1.80 bits per heavy atom. The number of amidine groups is 1. The molecule has 10 nitrogen and oxygen atoms in total. The van der Waals surface area contributed by atoms with Crippen LogP contribution in [0.1, 0.15) is 17.9 Å². The molecular formula is C32H27ClF2N8O2. The number of aryl methyl sites for hydroxylation is 1. The van der Waals surface area contributed by atoms with Crippen LogP contribution >= 0.6 is 11.6 Å². The van der Waals surface area contributed by atoms with Gasteiger partial charge in [-0.05, 0) is 36.8 Å². The van der Waals surface area contributed by atoms with Gasteiger partial charge in [-0.3, -0.25) is 19.7 Å². The summed E-state index contributed by atoms with van der Waals surface area (Å²) >= 11 is 6.25. The van der Waals surface area contributed by atoms with Crippen LogP contribution in [0.2, 0.25) is 5.02 Å². The maximum absolute atomic E-state index is 15.5. The lowest BCUT2D eigenvalue weighted by Gasteiger charge is -2.24. The third-order valence-electron chi connectivity index (χ3n) is 7.70. The number of likely N-dealkylation sites (tertiary alicyclic amines) is 1. The number of rotatable bonds is 7. The highest BCUT2D eigenvalue weighted by atomic mass is 35.5. The van der Waals surface area contributed by atoms with Crippen LogP contribution in [-0.4, -0.2) is 61.1 Å². The van der Waals surface area contributed by atoms with Gasteiger partial charge in [0.2, 0.25) is 11.8 Å². The Kier molecular flexibility index (Phi) is 7.98. The van der Waals surface area contributed by atoms with Crippen LogP contribution in [0, 0.1) is 18.2 Å². The molecule has 4 N–H and O–H groups in total. The molecule has 6 rings (SSSR count). The van der Waals surface area contributed by atoms with Gasteiger partial charge in [-0.25, -0.2) is 18.7 Å². The molecular weight excluding hydrogens is 602 g/mol. The van der Waals surface area contributed by atoms with Crippen LogP contribution in [0.3, 0.4) is 0 Å². The molecule has 1 fully saturated rings. The minimum atomic E-state index is -1.45. The molecule has 1 saturated heterocycles. The van der Waals surface area contributed by atoms with Crippen LogP contribution in [0.4, 0.5) is 14.5 Å². The minimum absolute atomic E-state index is 0.119. The molecule has 2 amide bonds. The second kappa shape index (κ2) is 12.0. The first kappa shape index (κ1) is 29.8. The fraction of sp³-hybridized carbons (Fsp3) is 0.188. The summed E-state index contributed by atoms with van der Waals surface area (Å²) in [6, 6.07) is 15.4. The number of aromatic nitrogens is 4. The molecule has 0 radical (unpaired) electrons. The van der Waals surface area contributed by atoms with Gasteiger partial charge in [-0.15, -0.1) is 0 Å². The van der Waals surface area contributed by atoms with Gasteiger partial charge in [-0.2, -0.15) is 5.10 Å². The molecule has 0 bridgehead atoms. The quantitative estimate of drug-likeness (QED) is 0.169. The zero-order valence-corrected chi connectivity index (χ0v) is 24.7. The molecule has 45 heavy (non-hydrogen) atoms. The Morgan fingerprint density at radius 3 is 2.53 bits per heavy atom. The molecule has 0 unspecified atom stereocenters. The van der Waals surface area contributed by atoms with Gasteiger partial charge in [0.05, 0.1) is 17.7 Å². The molecule has 13 heteroatoms. The normalized spacial score (nSPS) is 16.2. The highest BCUT2D eigenvalue weighted by Crippen LogP contribution is 2.33. The summed E-state index contributed by atoms with van der Waals surface area (Å²) in [5, 5.41) is 15.8. The first-order chi connectivity index (χ1) is 21.6. The fourth-order valence-electron chi connectivity index (χ4n) is 5.48. The van der Waals surface area contributed by atoms with Gasteiger partial charge < -0.3 is 16.0 Å². The summed E-state index contributed by atoms with van der Waals surface area (Å²) < 4.78 is 31.6. The molecule has 0 aliphatic carbocycles. The Hall–Kier alpha value is -5.23. The van der Waals surface area contributed by atoms with Crippen LogP contribution in [0.25, 0.3) is 33.2 Å². The number of alkyl halides is 1. The zero-order valence-electron chi connectivity index (χ0n) is 24.0. The molecule has 3 heterocycles. The summed E-state index contributed by atoms with van der Waals surface area (Å²) in [6.07, 6.45) is 1.65. The molecule has 0 saturated carbocycles. The van der Waals surface area contributed by atoms with E-state index in [0.717, 1.165) is 16.0 Å². The summed E-state index contributed by atoms with van der Waals surface area (Å²) in [5.74, 6) is -1.68. The number of carbonyl (C=O) groups is 2. The summed E-state index contributed by atoms with van der Waals surface area (Å²) in [6.45, 7) is 1.12.